The van der Waals surface area contributed by atoms with Crippen LogP contribution in [-0.2, 0) is 16.1 Å². The van der Waals surface area contributed by atoms with E-state index in [1.165, 1.54) is 0 Å². The Morgan fingerprint density at radius 1 is 1.20 bits per heavy atom. The number of hydrogen-bond acceptors (Lipinski definition) is 5. The standard InChI is InChI=1S/C18H28N2O5/c1-4-20(5-2)11-12-25-18-14(7-6-8-15(18)24-3)13-19-16(21)9-10-17(22)23/h6-8H,4-5,9-13H2,1-3H3,(H,19,21)(H,22,23). The second-order valence-electron chi connectivity index (χ2n) is 5.49. The first-order valence-corrected chi connectivity index (χ1v) is 8.51. The third kappa shape index (κ3) is 7.43. The van der Waals surface area contributed by atoms with Crippen molar-refractivity contribution in [3.8, 4) is 11.5 Å². The van der Waals surface area contributed by atoms with Gasteiger partial charge < -0.3 is 24.8 Å². The van der Waals surface area contributed by atoms with Crippen molar-refractivity contribution in [2.24, 2.45) is 0 Å². The van der Waals surface area contributed by atoms with Gasteiger partial charge in [-0.25, -0.2) is 0 Å². The van der Waals surface area contributed by atoms with E-state index in [1.54, 1.807) is 7.11 Å². The maximum atomic E-state index is 11.7. The predicted octanol–water partition coefficient (Wildman–Crippen LogP) is 1.90. The molecule has 1 rings (SSSR count). The van der Waals surface area contributed by atoms with E-state index in [2.05, 4.69) is 24.1 Å². The van der Waals surface area contributed by atoms with Crippen LogP contribution in [0.2, 0.25) is 0 Å². The van der Waals surface area contributed by atoms with Crippen LogP contribution in [0.25, 0.3) is 0 Å². The highest BCUT2D eigenvalue weighted by Gasteiger charge is 2.13. The Morgan fingerprint density at radius 3 is 2.52 bits per heavy atom. The van der Waals surface area contributed by atoms with E-state index in [0.29, 0.717) is 18.1 Å². The van der Waals surface area contributed by atoms with Gasteiger partial charge in [0.25, 0.3) is 0 Å². The summed E-state index contributed by atoms with van der Waals surface area (Å²) >= 11 is 0. The van der Waals surface area contributed by atoms with Crippen molar-refractivity contribution in [1.82, 2.24) is 10.2 Å². The molecule has 140 valence electrons. The summed E-state index contributed by atoms with van der Waals surface area (Å²) in [5.41, 5.74) is 0.794. The summed E-state index contributed by atoms with van der Waals surface area (Å²) in [4.78, 5) is 24.5. The molecule has 0 aliphatic rings. The van der Waals surface area contributed by atoms with Gasteiger partial charge in [-0.2, -0.15) is 0 Å². The average molecular weight is 352 g/mol. The van der Waals surface area contributed by atoms with Crippen molar-refractivity contribution in [3.63, 3.8) is 0 Å². The highest BCUT2D eigenvalue weighted by molar-refractivity contribution is 5.80. The van der Waals surface area contributed by atoms with E-state index in [9.17, 15) is 9.59 Å². The predicted molar refractivity (Wildman–Crippen MR) is 95.0 cm³/mol. The summed E-state index contributed by atoms with van der Waals surface area (Å²) in [6.07, 6.45) is -0.228. The fourth-order valence-electron chi connectivity index (χ4n) is 2.34. The topological polar surface area (TPSA) is 88.1 Å². The number of hydrogen-bond donors (Lipinski definition) is 2. The largest absolute Gasteiger partial charge is 0.493 e. The first kappa shape index (κ1) is 20.8. The molecule has 0 radical (unpaired) electrons. The zero-order valence-electron chi connectivity index (χ0n) is 15.2. The molecule has 1 amide bonds. The maximum absolute atomic E-state index is 11.7. The number of nitrogens with one attached hydrogen (secondary N) is 1. The summed E-state index contributed by atoms with van der Waals surface area (Å²) in [5, 5.41) is 11.3. The van der Waals surface area contributed by atoms with Crippen molar-refractivity contribution >= 4 is 11.9 Å². The fourth-order valence-corrected chi connectivity index (χ4v) is 2.34. The van der Waals surface area contributed by atoms with Crippen molar-refractivity contribution in [2.45, 2.75) is 33.2 Å². The molecular weight excluding hydrogens is 324 g/mol. The number of likely N-dealkylation sites (N-methyl/N-ethyl adjacent to an activating group) is 1. The van der Waals surface area contributed by atoms with E-state index < -0.39 is 5.97 Å². The minimum atomic E-state index is -0.989. The lowest BCUT2D eigenvalue weighted by atomic mass is 10.1. The molecule has 0 atom stereocenters. The van der Waals surface area contributed by atoms with Gasteiger partial charge in [0, 0.05) is 25.1 Å². The molecule has 0 aliphatic heterocycles. The van der Waals surface area contributed by atoms with Gasteiger partial charge in [0.2, 0.25) is 5.91 Å². The molecule has 0 saturated heterocycles. The van der Waals surface area contributed by atoms with Crippen LogP contribution >= 0.6 is 0 Å². The number of rotatable bonds is 12. The quantitative estimate of drug-likeness (QED) is 0.597. The molecule has 0 bridgehead atoms. The van der Waals surface area contributed by atoms with E-state index in [0.717, 1.165) is 25.2 Å². The summed E-state index contributed by atoms with van der Waals surface area (Å²) in [6.45, 7) is 7.69. The molecular formula is C18H28N2O5. The Kier molecular flexibility index (Phi) is 9.39. The highest BCUT2D eigenvalue weighted by Crippen LogP contribution is 2.31. The minimum absolute atomic E-state index is 0.0442. The number of benzene rings is 1. The van der Waals surface area contributed by atoms with Crippen molar-refractivity contribution in [1.29, 1.82) is 0 Å². The Bertz CT molecular complexity index is 558. The third-order valence-electron chi connectivity index (χ3n) is 3.87. The van der Waals surface area contributed by atoms with Crippen LogP contribution in [0.3, 0.4) is 0 Å². The smallest absolute Gasteiger partial charge is 0.303 e. The molecule has 7 nitrogen and oxygen atoms in total. The fraction of sp³-hybridized carbons (Fsp3) is 0.556. The van der Waals surface area contributed by atoms with Gasteiger partial charge >= 0.3 is 5.97 Å². The molecule has 0 spiro atoms. The third-order valence-corrected chi connectivity index (χ3v) is 3.87. The minimum Gasteiger partial charge on any atom is -0.493 e. The summed E-state index contributed by atoms with van der Waals surface area (Å²) < 4.78 is 11.3. The monoisotopic (exact) mass is 352 g/mol. The van der Waals surface area contributed by atoms with Gasteiger partial charge in [-0.05, 0) is 19.2 Å². The van der Waals surface area contributed by atoms with Crippen molar-refractivity contribution in [3.05, 3.63) is 23.8 Å². The second kappa shape index (κ2) is 11.3. The van der Waals surface area contributed by atoms with E-state index >= 15 is 0 Å². The Balaban J connectivity index is 2.69. The van der Waals surface area contributed by atoms with Crippen LogP contribution in [0.5, 0.6) is 11.5 Å². The first-order chi connectivity index (χ1) is 12.0. The highest BCUT2D eigenvalue weighted by atomic mass is 16.5. The normalized spacial score (nSPS) is 10.6. The number of ether oxygens (including phenoxy) is 2. The molecule has 1 aromatic rings. The van der Waals surface area contributed by atoms with Gasteiger partial charge in [-0.1, -0.05) is 26.0 Å². The molecule has 1 aromatic carbocycles. The zero-order chi connectivity index (χ0) is 18.7. The SMILES string of the molecule is CCN(CC)CCOc1c(CNC(=O)CCC(=O)O)cccc1OC. The van der Waals surface area contributed by atoms with Crippen LogP contribution in [0.1, 0.15) is 32.3 Å². The second-order valence-corrected chi connectivity index (χ2v) is 5.49. The zero-order valence-corrected chi connectivity index (χ0v) is 15.2. The van der Waals surface area contributed by atoms with E-state index in [4.69, 9.17) is 14.6 Å². The number of carboxylic acids is 1. The maximum Gasteiger partial charge on any atom is 0.303 e. The Labute approximate surface area is 148 Å². The number of carboxylic acid groups (broad SMARTS) is 1. The first-order valence-electron chi connectivity index (χ1n) is 8.51. The van der Waals surface area contributed by atoms with Crippen LogP contribution in [0, 0.1) is 0 Å². The van der Waals surface area contributed by atoms with Crippen LogP contribution in [0.4, 0.5) is 0 Å². The number of carbonyl (C=O) groups excluding carboxylic acids is 1. The van der Waals surface area contributed by atoms with Gasteiger partial charge in [-0.15, -0.1) is 0 Å². The average Bonchev–Trinajstić information content (AvgIpc) is 2.62. The van der Waals surface area contributed by atoms with Gasteiger partial charge in [-0.3, -0.25) is 9.59 Å². The van der Waals surface area contributed by atoms with E-state index in [1.807, 2.05) is 18.2 Å². The number of nitrogens with zero attached hydrogens (tertiary/aromatic N) is 1. The molecule has 0 fully saturated rings. The van der Waals surface area contributed by atoms with E-state index in [-0.39, 0.29) is 25.3 Å². The van der Waals surface area contributed by atoms with Gasteiger partial charge in [0.15, 0.2) is 11.5 Å². The number of amides is 1. The number of carbonyl (C=O) groups is 2. The summed E-state index contributed by atoms with van der Waals surface area (Å²) in [7, 11) is 1.57. The summed E-state index contributed by atoms with van der Waals surface area (Å²) in [5.74, 6) is -0.0798. The van der Waals surface area contributed by atoms with Gasteiger partial charge in [0.1, 0.15) is 6.61 Å². The summed E-state index contributed by atoms with van der Waals surface area (Å²) in [6, 6.07) is 5.49. The molecule has 0 heterocycles. The van der Waals surface area contributed by atoms with Crippen LogP contribution in [-0.4, -0.2) is 55.2 Å². The van der Waals surface area contributed by atoms with Crippen molar-refractivity contribution in [2.75, 3.05) is 33.4 Å². The van der Waals surface area contributed by atoms with Crippen LogP contribution in [0.15, 0.2) is 18.2 Å². The molecule has 0 saturated carbocycles. The number of para-hydroxylation sites is 1. The Hall–Kier alpha value is -2.28. The molecule has 7 heteroatoms. The molecule has 2 N–H and O–H groups in total. The number of aliphatic carboxylic acids is 1. The van der Waals surface area contributed by atoms with Crippen molar-refractivity contribution < 1.29 is 24.2 Å². The lowest BCUT2D eigenvalue weighted by molar-refractivity contribution is -0.138. The van der Waals surface area contributed by atoms with Crippen LogP contribution < -0.4 is 14.8 Å². The lowest BCUT2D eigenvalue weighted by Gasteiger charge is -2.20. The lowest BCUT2D eigenvalue weighted by Crippen LogP contribution is -2.28. The molecule has 25 heavy (non-hydrogen) atoms. The molecule has 0 aliphatic carbocycles. The molecule has 0 aromatic heterocycles. The molecule has 0 unspecified atom stereocenters. The van der Waals surface area contributed by atoms with Gasteiger partial charge in [0.05, 0.1) is 13.5 Å². The Morgan fingerprint density at radius 2 is 1.92 bits per heavy atom. The number of methoxy groups -OCH3 is 1.